The van der Waals surface area contributed by atoms with E-state index in [2.05, 4.69) is 25.3 Å². The molecule has 0 atom stereocenters. The molecule has 0 unspecified atom stereocenters. The predicted octanol–water partition coefficient (Wildman–Crippen LogP) is 4.85. The molecule has 162 valence electrons. The summed E-state index contributed by atoms with van der Waals surface area (Å²) in [7, 11) is 1.60. The van der Waals surface area contributed by atoms with Crippen LogP contribution < -0.4 is 10.1 Å². The van der Waals surface area contributed by atoms with Crippen LogP contribution in [0.25, 0.3) is 33.2 Å². The summed E-state index contributed by atoms with van der Waals surface area (Å²) >= 11 is 0. The lowest BCUT2D eigenvalue weighted by Gasteiger charge is -2.11. The zero-order valence-electron chi connectivity index (χ0n) is 18.1. The number of aromatic nitrogens is 5. The van der Waals surface area contributed by atoms with E-state index in [1.165, 1.54) is 6.07 Å². The Balaban J connectivity index is 1.35. The molecule has 0 saturated heterocycles. The van der Waals surface area contributed by atoms with Gasteiger partial charge in [0.1, 0.15) is 29.5 Å². The number of anilines is 1. The Kier molecular flexibility index (Phi) is 4.97. The second-order valence-electron chi connectivity index (χ2n) is 7.72. The van der Waals surface area contributed by atoms with E-state index in [1.807, 2.05) is 48.7 Å². The van der Waals surface area contributed by atoms with Gasteiger partial charge in [-0.15, -0.1) is 0 Å². The van der Waals surface area contributed by atoms with Crippen LogP contribution in [0.15, 0.2) is 48.8 Å². The summed E-state index contributed by atoms with van der Waals surface area (Å²) in [6.07, 6.45) is 1.54. The average molecular weight is 430 g/mol. The van der Waals surface area contributed by atoms with Crippen molar-refractivity contribution in [2.24, 2.45) is 0 Å². The van der Waals surface area contributed by atoms with Crippen LogP contribution in [0.2, 0.25) is 0 Å². The molecule has 0 fully saturated rings. The summed E-state index contributed by atoms with van der Waals surface area (Å²) in [5.74, 6) is 1.99. The standard InChI is InChI=1S/C24H23FN6O/c1-14-10-17-22(32-3)7-5-18(25)24(17)31(14)9-8-26-23-12-20(27-13-28-23)16-4-6-19-21(11-16)30-15(2)29-19/h4-7,10-13H,8-9H2,1-3H3,(H,29,30)(H,26,27,28). The van der Waals surface area contributed by atoms with Crippen LogP contribution in [0.4, 0.5) is 10.2 Å². The number of nitrogens with one attached hydrogen (secondary N) is 2. The Labute approximate surface area is 184 Å². The monoisotopic (exact) mass is 430 g/mol. The van der Waals surface area contributed by atoms with Gasteiger partial charge in [0.05, 0.1) is 29.4 Å². The fourth-order valence-electron chi connectivity index (χ4n) is 4.11. The summed E-state index contributed by atoms with van der Waals surface area (Å²) in [5.41, 5.74) is 5.20. The van der Waals surface area contributed by atoms with Crippen LogP contribution in [-0.4, -0.2) is 38.2 Å². The SMILES string of the molecule is COc1ccc(F)c2c1cc(C)n2CCNc1cc(-c2ccc3[nH]c(C)nc3c2)ncn1. The van der Waals surface area contributed by atoms with Gasteiger partial charge in [0.25, 0.3) is 0 Å². The van der Waals surface area contributed by atoms with E-state index < -0.39 is 0 Å². The Hall–Kier alpha value is -3.94. The van der Waals surface area contributed by atoms with Crippen LogP contribution in [-0.2, 0) is 6.54 Å². The van der Waals surface area contributed by atoms with Crippen molar-refractivity contribution in [3.05, 3.63) is 66.1 Å². The molecule has 8 heteroatoms. The molecule has 0 aliphatic heterocycles. The molecule has 7 nitrogen and oxygen atoms in total. The fraction of sp³-hybridized carbons (Fsp3) is 0.208. The number of nitrogens with zero attached hydrogens (tertiary/aromatic N) is 4. The van der Waals surface area contributed by atoms with Crippen molar-refractivity contribution in [3.8, 4) is 17.0 Å². The van der Waals surface area contributed by atoms with Gasteiger partial charge >= 0.3 is 0 Å². The van der Waals surface area contributed by atoms with E-state index in [1.54, 1.807) is 19.5 Å². The van der Waals surface area contributed by atoms with Gasteiger partial charge in [-0.2, -0.15) is 0 Å². The topological polar surface area (TPSA) is 80.6 Å². The highest BCUT2D eigenvalue weighted by molar-refractivity contribution is 5.88. The number of hydrogen-bond donors (Lipinski definition) is 2. The van der Waals surface area contributed by atoms with Crippen LogP contribution in [0.3, 0.4) is 0 Å². The predicted molar refractivity (Wildman–Crippen MR) is 124 cm³/mol. The van der Waals surface area contributed by atoms with Crippen molar-refractivity contribution in [1.82, 2.24) is 24.5 Å². The highest BCUT2D eigenvalue weighted by Crippen LogP contribution is 2.31. The molecule has 2 aromatic carbocycles. The number of fused-ring (bicyclic) bond motifs is 2. The number of hydrogen-bond acceptors (Lipinski definition) is 5. The summed E-state index contributed by atoms with van der Waals surface area (Å²) in [6, 6.07) is 13.0. The first kappa shape index (κ1) is 20.0. The maximum atomic E-state index is 14.6. The van der Waals surface area contributed by atoms with Gasteiger partial charge in [-0.25, -0.2) is 19.3 Å². The molecule has 0 saturated carbocycles. The van der Waals surface area contributed by atoms with Crippen molar-refractivity contribution < 1.29 is 9.13 Å². The van der Waals surface area contributed by atoms with Gasteiger partial charge < -0.3 is 19.6 Å². The Morgan fingerprint density at radius 1 is 1.09 bits per heavy atom. The van der Waals surface area contributed by atoms with E-state index in [-0.39, 0.29) is 5.82 Å². The van der Waals surface area contributed by atoms with E-state index in [4.69, 9.17) is 4.74 Å². The summed E-state index contributed by atoms with van der Waals surface area (Å²) in [5, 5.41) is 4.10. The van der Waals surface area contributed by atoms with E-state index >= 15 is 0 Å². The maximum absolute atomic E-state index is 14.6. The summed E-state index contributed by atoms with van der Waals surface area (Å²) < 4.78 is 21.9. The van der Waals surface area contributed by atoms with Crippen LogP contribution in [0.5, 0.6) is 5.75 Å². The quantitative estimate of drug-likeness (QED) is 0.402. The lowest BCUT2D eigenvalue weighted by atomic mass is 10.1. The summed E-state index contributed by atoms with van der Waals surface area (Å²) in [4.78, 5) is 16.5. The van der Waals surface area contributed by atoms with Crippen molar-refractivity contribution in [2.75, 3.05) is 19.0 Å². The van der Waals surface area contributed by atoms with Crippen LogP contribution in [0.1, 0.15) is 11.5 Å². The first-order chi connectivity index (χ1) is 15.5. The molecule has 0 amide bonds. The number of H-pyrrole nitrogens is 1. The van der Waals surface area contributed by atoms with Crippen molar-refractivity contribution in [2.45, 2.75) is 20.4 Å². The maximum Gasteiger partial charge on any atom is 0.147 e. The molecule has 2 N–H and O–H groups in total. The molecule has 3 aromatic heterocycles. The molecular formula is C24H23FN6O. The molecule has 3 heterocycles. The lowest BCUT2D eigenvalue weighted by molar-refractivity contribution is 0.419. The largest absolute Gasteiger partial charge is 0.496 e. The molecule has 0 radical (unpaired) electrons. The number of halogens is 1. The molecule has 5 rings (SSSR count). The second kappa shape index (κ2) is 7.96. The van der Waals surface area contributed by atoms with Crippen molar-refractivity contribution >= 4 is 27.8 Å². The minimum atomic E-state index is -0.262. The summed E-state index contributed by atoms with van der Waals surface area (Å²) in [6.45, 7) is 5.06. The van der Waals surface area contributed by atoms with E-state index in [9.17, 15) is 4.39 Å². The van der Waals surface area contributed by atoms with E-state index in [0.717, 1.165) is 39.2 Å². The Morgan fingerprint density at radius 2 is 1.97 bits per heavy atom. The zero-order valence-corrected chi connectivity index (χ0v) is 18.1. The molecule has 0 aliphatic rings. The smallest absolute Gasteiger partial charge is 0.147 e. The van der Waals surface area contributed by atoms with Gasteiger partial charge in [0, 0.05) is 35.8 Å². The minimum Gasteiger partial charge on any atom is -0.496 e. The molecule has 0 aliphatic carbocycles. The first-order valence-electron chi connectivity index (χ1n) is 10.4. The number of imidazole rings is 1. The third-order valence-electron chi connectivity index (χ3n) is 5.60. The Bertz CT molecular complexity index is 1440. The number of methoxy groups -OCH3 is 1. The molecule has 32 heavy (non-hydrogen) atoms. The molecular weight excluding hydrogens is 407 g/mol. The third-order valence-corrected chi connectivity index (χ3v) is 5.60. The number of benzene rings is 2. The third kappa shape index (κ3) is 3.53. The van der Waals surface area contributed by atoms with Gasteiger partial charge in [-0.3, -0.25) is 0 Å². The van der Waals surface area contributed by atoms with Crippen LogP contribution in [0, 0.1) is 19.7 Å². The number of rotatable bonds is 6. The Morgan fingerprint density at radius 3 is 2.81 bits per heavy atom. The van der Waals surface area contributed by atoms with Gasteiger partial charge in [-0.1, -0.05) is 6.07 Å². The van der Waals surface area contributed by atoms with Gasteiger partial charge in [0.2, 0.25) is 0 Å². The minimum absolute atomic E-state index is 0.262. The van der Waals surface area contributed by atoms with Crippen LogP contribution >= 0.6 is 0 Å². The number of ether oxygens (including phenoxy) is 1. The normalized spacial score (nSPS) is 11.4. The number of aromatic amines is 1. The van der Waals surface area contributed by atoms with Gasteiger partial charge in [0.15, 0.2) is 0 Å². The molecule has 0 spiro atoms. The zero-order chi connectivity index (χ0) is 22.2. The van der Waals surface area contributed by atoms with E-state index in [0.29, 0.717) is 30.2 Å². The molecule has 0 bridgehead atoms. The van der Waals surface area contributed by atoms with Crippen molar-refractivity contribution in [3.63, 3.8) is 0 Å². The fourth-order valence-corrected chi connectivity index (χ4v) is 4.11. The first-order valence-corrected chi connectivity index (χ1v) is 10.4. The average Bonchev–Trinajstić information content (AvgIpc) is 3.33. The molecule has 5 aromatic rings. The number of aryl methyl sites for hydroxylation is 2. The highest BCUT2D eigenvalue weighted by Gasteiger charge is 2.14. The second-order valence-corrected chi connectivity index (χ2v) is 7.72. The highest BCUT2D eigenvalue weighted by atomic mass is 19.1. The van der Waals surface area contributed by atoms with Gasteiger partial charge in [-0.05, 0) is 44.2 Å². The van der Waals surface area contributed by atoms with Crippen molar-refractivity contribution in [1.29, 1.82) is 0 Å². The lowest BCUT2D eigenvalue weighted by Crippen LogP contribution is -2.13.